The lowest BCUT2D eigenvalue weighted by atomic mass is 10.2. The van der Waals surface area contributed by atoms with Crippen molar-refractivity contribution >= 4 is 23.5 Å². The zero-order valence-corrected chi connectivity index (χ0v) is 9.32. The molecule has 86 valence electrons. The van der Waals surface area contributed by atoms with E-state index in [-0.39, 0.29) is 6.61 Å². The van der Waals surface area contributed by atoms with Gasteiger partial charge in [0, 0.05) is 20.3 Å². The summed E-state index contributed by atoms with van der Waals surface area (Å²) in [6.45, 7) is 2.66. The molecule has 1 rings (SSSR count). The van der Waals surface area contributed by atoms with Gasteiger partial charge in [0.15, 0.2) is 0 Å². The van der Waals surface area contributed by atoms with Crippen LogP contribution in [0.3, 0.4) is 0 Å². The molecule has 0 aliphatic carbocycles. The predicted octanol–water partition coefficient (Wildman–Crippen LogP) is 0.835. The van der Waals surface area contributed by atoms with E-state index in [9.17, 15) is 9.59 Å². The highest BCUT2D eigenvalue weighted by atomic mass is 35.5. The van der Waals surface area contributed by atoms with Crippen LogP contribution in [0.2, 0.25) is 0 Å². The van der Waals surface area contributed by atoms with Crippen LogP contribution in [0.5, 0.6) is 0 Å². The Balaban J connectivity index is 2.45. The first kappa shape index (κ1) is 12.3. The van der Waals surface area contributed by atoms with Gasteiger partial charge in [0.1, 0.15) is 24.4 Å². The molecule has 0 unspecified atom stereocenters. The Morgan fingerprint density at radius 3 is 2.60 bits per heavy atom. The van der Waals surface area contributed by atoms with Crippen LogP contribution in [0.15, 0.2) is 0 Å². The number of ether oxygens (including phenoxy) is 3. The van der Waals surface area contributed by atoms with Crippen molar-refractivity contribution in [2.45, 2.75) is 38.0 Å². The molecule has 0 aromatic heterocycles. The number of hydrogen-bond acceptors (Lipinski definition) is 5. The summed E-state index contributed by atoms with van der Waals surface area (Å²) in [6, 6.07) is 0. The standard InChI is InChI=1S/C9H13ClO5/c1-5(11)13-4-8-7(14-6(2)12)3-9(10)15-8/h7-9H,3-4H2,1-2H3/t7-,8-,9+/m1/s1. The van der Waals surface area contributed by atoms with E-state index < -0.39 is 29.7 Å². The maximum absolute atomic E-state index is 10.8. The van der Waals surface area contributed by atoms with Gasteiger partial charge in [-0.15, -0.1) is 0 Å². The molecule has 1 fully saturated rings. The van der Waals surface area contributed by atoms with Gasteiger partial charge in [0.05, 0.1) is 0 Å². The van der Waals surface area contributed by atoms with Crippen LogP contribution in [0, 0.1) is 0 Å². The third-order valence-electron chi connectivity index (χ3n) is 1.92. The molecule has 0 amide bonds. The summed E-state index contributed by atoms with van der Waals surface area (Å²) in [4.78, 5) is 21.4. The van der Waals surface area contributed by atoms with Crippen molar-refractivity contribution in [2.75, 3.05) is 6.61 Å². The van der Waals surface area contributed by atoms with Crippen LogP contribution in [0.4, 0.5) is 0 Å². The molecule has 6 heteroatoms. The van der Waals surface area contributed by atoms with Crippen molar-refractivity contribution in [2.24, 2.45) is 0 Å². The first-order valence-electron chi connectivity index (χ1n) is 4.59. The monoisotopic (exact) mass is 236 g/mol. The first-order chi connectivity index (χ1) is 6.99. The minimum Gasteiger partial charge on any atom is -0.463 e. The molecule has 1 aliphatic heterocycles. The lowest BCUT2D eigenvalue weighted by molar-refractivity contribution is -0.154. The van der Waals surface area contributed by atoms with Gasteiger partial charge >= 0.3 is 11.9 Å². The molecule has 3 atom stereocenters. The maximum atomic E-state index is 10.8. The van der Waals surface area contributed by atoms with E-state index in [2.05, 4.69) is 0 Å². The van der Waals surface area contributed by atoms with E-state index in [1.54, 1.807) is 0 Å². The van der Waals surface area contributed by atoms with E-state index in [1.165, 1.54) is 13.8 Å². The third kappa shape index (κ3) is 4.05. The fourth-order valence-electron chi connectivity index (χ4n) is 1.35. The highest BCUT2D eigenvalue weighted by Crippen LogP contribution is 2.26. The third-order valence-corrected chi connectivity index (χ3v) is 2.20. The second-order valence-corrected chi connectivity index (χ2v) is 3.76. The largest absolute Gasteiger partial charge is 0.463 e. The number of halogens is 1. The minimum absolute atomic E-state index is 0.0521. The molecule has 15 heavy (non-hydrogen) atoms. The highest BCUT2D eigenvalue weighted by molar-refractivity contribution is 6.19. The van der Waals surface area contributed by atoms with Gasteiger partial charge in [-0.2, -0.15) is 0 Å². The second kappa shape index (κ2) is 5.32. The zero-order chi connectivity index (χ0) is 11.4. The Kier molecular flexibility index (Phi) is 4.35. The summed E-state index contributed by atoms with van der Waals surface area (Å²) >= 11 is 5.75. The van der Waals surface area contributed by atoms with Crippen molar-refractivity contribution in [1.29, 1.82) is 0 Å². The van der Waals surface area contributed by atoms with Gasteiger partial charge in [-0.05, 0) is 0 Å². The Bertz CT molecular complexity index is 255. The van der Waals surface area contributed by atoms with Crippen molar-refractivity contribution in [3.63, 3.8) is 0 Å². The molecule has 0 radical (unpaired) electrons. The Morgan fingerprint density at radius 1 is 1.40 bits per heavy atom. The van der Waals surface area contributed by atoms with Crippen molar-refractivity contribution in [1.82, 2.24) is 0 Å². The summed E-state index contributed by atoms with van der Waals surface area (Å²) in [5.41, 5.74) is -0.505. The smallest absolute Gasteiger partial charge is 0.302 e. The van der Waals surface area contributed by atoms with E-state index in [4.69, 9.17) is 25.8 Å². The molecule has 1 aliphatic rings. The summed E-state index contributed by atoms with van der Waals surface area (Å²) in [7, 11) is 0. The lowest BCUT2D eigenvalue weighted by Crippen LogP contribution is -2.31. The SMILES string of the molecule is CC(=O)OC[C@H]1O[C@H](Cl)C[C@H]1OC(C)=O. The van der Waals surface area contributed by atoms with Crippen LogP contribution in [0.25, 0.3) is 0 Å². The number of rotatable bonds is 3. The number of carbonyl (C=O) groups is 2. The molecular formula is C9H13ClO5. The van der Waals surface area contributed by atoms with Gasteiger partial charge in [0.25, 0.3) is 0 Å². The number of hydrogen-bond donors (Lipinski definition) is 0. The molecule has 0 aromatic rings. The molecular weight excluding hydrogens is 224 g/mol. The topological polar surface area (TPSA) is 61.8 Å². The number of alkyl halides is 1. The number of esters is 2. The highest BCUT2D eigenvalue weighted by Gasteiger charge is 2.37. The molecule has 0 bridgehead atoms. The molecule has 5 nitrogen and oxygen atoms in total. The Morgan fingerprint density at radius 2 is 2.07 bits per heavy atom. The average Bonchev–Trinajstić information content (AvgIpc) is 2.41. The quantitative estimate of drug-likeness (QED) is 0.537. The fourth-order valence-corrected chi connectivity index (χ4v) is 1.66. The Labute approximate surface area is 92.6 Å². The van der Waals surface area contributed by atoms with Crippen molar-refractivity contribution < 1.29 is 23.8 Å². The van der Waals surface area contributed by atoms with Gasteiger partial charge < -0.3 is 14.2 Å². The normalized spacial score (nSPS) is 29.9. The summed E-state index contributed by atoms with van der Waals surface area (Å²) in [5, 5.41) is 0. The zero-order valence-electron chi connectivity index (χ0n) is 8.57. The summed E-state index contributed by atoms with van der Waals surface area (Å²) in [6.07, 6.45) is -0.503. The summed E-state index contributed by atoms with van der Waals surface area (Å²) in [5.74, 6) is -0.805. The van der Waals surface area contributed by atoms with Crippen molar-refractivity contribution in [3.05, 3.63) is 0 Å². The molecule has 0 spiro atoms. The van der Waals surface area contributed by atoms with Gasteiger partial charge in [-0.25, -0.2) is 0 Å². The second-order valence-electron chi connectivity index (χ2n) is 3.27. The Hall–Kier alpha value is -0.810. The van der Waals surface area contributed by atoms with E-state index >= 15 is 0 Å². The molecule has 0 saturated carbocycles. The molecule has 1 heterocycles. The van der Waals surface area contributed by atoms with E-state index in [0.29, 0.717) is 6.42 Å². The number of carbonyl (C=O) groups excluding carboxylic acids is 2. The molecule has 0 aromatic carbocycles. The average molecular weight is 237 g/mol. The van der Waals surface area contributed by atoms with E-state index in [0.717, 1.165) is 0 Å². The van der Waals surface area contributed by atoms with Crippen LogP contribution in [-0.2, 0) is 23.8 Å². The van der Waals surface area contributed by atoms with Crippen LogP contribution < -0.4 is 0 Å². The van der Waals surface area contributed by atoms with Gasteiger partial charge in [-0.1, -0.05) is 11.6 Å². The predicted molar refractivity (Wildman–Crippen MR) is 51.3 cm³/mol. The van der Waals surface area contributed by atoms with Crippen LogP contribution in [0.1, 0.15) is 20.3 Å². The van der Waals surface area contributed by atoms with Crippen molar-refractivity contribution in [3.8, 4) is 0 Å². The minimum atomic E-state index is -0.505. The van der Waals surface area contributed by atoms with Crippen LogP contribution in [-0.4, -0.2) is 36.3 Å². The maximum Gasteiger partial charge on any atom is 0.302 e. The van der Waals surface area contributed by atoms with Gasteiger partial charge in [-0.3, -0.25) is 9.59 Å². The van der Waals surface area contributed by atoms with Crippen LogP contribution >= 0.6 is 11.6 Å². The first-order valence-corrected chi connectivity index (χ1v) is 5.03. The van der Waals surface area contributed by atoms with E-state index in [1.807, 2.05) is 0 Å². The molecule has 1 saturated heterocycles. The van der Waals surface area contributed by atoms with Gasteiger partial charge in [0.2, 0.25) is 0 Å². The fraction of sp³-hybridized carbons (Fsp3) is 0.778. The lowest BCUT2D eigenvalue weighted by Gasteiger charge is -2.17. The molecule has 0 N–H and O–H groups in total. The summed E-state index contributed by atoms with van der Waals surface area (Å²) < 4.78 is 15.0.